The Morgan fingerprint density at radius 3 is 2.84 bits per heavy atom. The number of carbonyl (C=O) groups is 1. The van der Waals surface area contributed by atoms with Crippen LogP contribution in [0.25, 0.3) is 0 Å². The second kappa shape index (κ2) is 7.01. The number of anilines is 1. The van der Waals surface area contributed by atoms with Gasteiger partial charge in [-0.3, -0.25) is 4.79 Å². The first-order valence-electron chi connectivity index (χ1n) is 7.16. The van der Waals surface area contributed by atoms with Crippen LogP contribution in [-0.2, 0) is 11.2 Å². The summed E-state index contributed by atoms with van der Waals surface area (Å²) in [7, 11) is 0. The molecule has 5 heteroatoms. The normalized spacial score (nSPS) is 16.5. The van der Waals surface area contributed by atoms with Crippen LogP contribution in [0.2, 0.25) is 0 Å². The third kappa shape index (κ3) is 4.28. The number of aromatic nitrogens is 1. The Morgan fingerprint density at radius 1 is 1.47 bits per heavy atom. The number of rotatable bonds is 5. The van der Waals surface area contributed by atoms with Crippen LogP contribution < -0.4 is 10.6 Å². The number of nitrogens with one attached hydrogen (secondary N) is 2. The maximum atomic E-state index is 11.9. The molecule has 106 valence electrons. The van der Waals surface area contributed by atoms with Gasteiger partial charge in [0.05, 0.1) is 5.69 Å². The van der Waals surface area contributed by atoms with Crippen molar-refractivity contribution >= 4 is 22.4 Å². The Kier molecular flexibility index (Phi) is 5.34. The smallest absolute Gasteiger partial charge is 0.226 e. The Balaban J connectivity index is 1.76. The molecule has 1 aliphatic heterocycles. The molecule has 1 aliphatic rings. The van der Waals surface area contributed by atoms with Crippen LogP contribution in [0, 0.1) is 12.8 Å². The summed E-state index contributed by atoms with van der Waals surface area (Å²) in [6.07, 6.45) is 4.93. The lowest BCUT2D eigenvalue weighted by Gasteiger charge is -2.21. The van der Waals surface area contributed by atoms with E-state index >= 15 is 0 Å². The monoisotopic (exact) mass is 281 g/mol. The molecule has 2 heterocycles. The van der Waals surface area contributed by atoms with E-state index in [1.54, 1.807) is 11.3 Å². The number of nitrogens with zero attached hydrogens (tertiary/aromatic N) is 1. The number of hydrogen-bond acceptors (Lipinski definition) is 4. The van der Waals surface area contributed by atoms with Gasteiger partial charge in [-0.2, -0.15) is 0 Å². The quantitative estimate of drug-likeness (QED) is 0.872. The van der Waals surface area contributed by atoms with Gasteiger partial charge in [-0.25, -0.2) is 4.98 Å². The minimum atomic E-state index is 0.106. The Bertz CT molecular complexity index is 424. The van der Waals surface area contributed by atoms with Gasteiger partial charge < -0.3 is 10.6 Å². The van der Waals surface area contributed by atoms with E-state index in [0.717, 1.165) is 36.8 Å². The lowest BCUT2D eigenvalue weighted by molar-refractivity contribution is -0.116. The van der Waals surface area contributed by atoms with Crippen molar-refractivity contribution in [3.05, 3.63) is 10.6 Å². The Morgan fingerprint density at radius 2 is 2.21 bits per heavy atom. The molecule has 2 N–H and O–H groups in total. The Hall–Kier alpha value is -0.940. The van der Waals surface area contributed by atoms with E-state index in [2.05, 4.69) is 29.5 Å². The average Bonchev–Trinajstić information content (AvgIpc) is 2.77. The summed E-state index contributed by atoms with van der Waals surface area (Å²) in [6.45, 7) is 6.33. The third-order valence-corrected chi connectivity index (χ3v) is 4.64. The van der Waals surface area contributed by atoms with Crippen molar-refractivity contribution in [2.45, 2.75) is 46.0 Å². The van der Waals surface area contributed by atoms with Crippen molar-refractivity contribution in [1.29, 1.82) is 0 Å². The van der Waals surface area contributed by atoms with Crippen molar-refractivity contribution < 1.29 is 4.79 Å². The molecule has 1 amide bonds. The molecular weight excluding hydrogens is 258 g/mol. The van der Waals surface area contributed by atoms with E-state index in [-0.39, 0.29) is 5.91 Å². The fraction of sp³-hybridized carbons (Fsp3) is 0.714. The van der Waals surface area contributed by atoms with Gasteiger partial charge in [0.15, 0.2) is 5.13 Å². The van der Waals surface area contributed by atoms with Crippen molar-refractivity contribution in [1.82, 2.24) is 10.3 Å². The van der Waals surface area contributed by atoms with Crippen molar-refractivity contribution in [3.63, 3.8) is 0 Å². The Labute approximate surface area is 119 Å². The van der Waals surface area contributed by atoms with Crippen molar-refractivity contribution in [2.75, 3.05) is 18.4 Å². The van der Waals surface area contributed by atoms with E-state index in [0.29, 0.717) is 12.3 Å². The molecule has 1 saturated heterocycles. The van der Waals surface area contributed by atoms with Crippen LogP contribution in [0.3, 0.4) is 0 Å². The molecule has 0 unspecified atom stereocenters. The number of aryl methyl sites for hydroxylation is 2. The zero-order valence-corrected chi connectivity index (χ0v) is 12.6. The molecular formula is C14H23N3OS. The van der Waals surface area contributed by atoms with Gasteiger partial charge in [-0.1, -0.05) is 6.92 Å². The molecule has 1 aromatic rings. The SMILES string of the molecule is CCc1nc(NC(=O)CCC2CCNCC2)sc1C. The summed E-state index contributed by atoms with van der Waals surface area (Å²) in [5.74, 6) is 0.811. The number of thiazole rings is 1. The third-order valence-electron chi connectivity index (χ3n) is 3.71. The largest absolute Gasteiger partial charge is 0.317 e. The molecule has 1 aromatic heterocycles. The van der Waals surface area contributed by atoms with Gasteiger partial charge in [0.25, 0.3) is 0 Å². The van der Waals surface area contributed by atoms with Crippen LogP contribution in [0.5, 0.6) is 0 Å². The molecule has 0 aliphatic carbocycles. The topological polar surface area (TPSA) is 54.0 Å². The zero-order chi connectivity index (χ0) is 13.7. The molecule has 4 nitrogen and oxygen atoms in total. The average molecular weight is 281 g/mol. The summed E-state index contributed by atoms with van der Waals surface area (Å²) in [5.41, 5.74) is 1.10. The van der Waals surface area contributed by atoms with Crippen LogP contribution in [0.1, 0.15) is 43.2 Å². The first-order valence-corrected chi connectivity index (χ1v) is 7.97. The molecule has 1 fully saturated rings. The maximum absolute atomic E-state index is 11.9. The van der Waals surface area contributed by atoms with Gasteiger partial charge >= 0.3 is 0 Å². The maximum Gasteiger partial charge on any atom is 0.226 e. The summed E-state index contributed by atoms with van der Waals surface area (Å²) in [6, 6.07) is 0. The minimum Gasteiger partial charge on any atom is -0.317 e. The fourth-order valence-electron chi connectivity index (χ4n) is 2.50. The van der Waals surface area contributed by atoms with E-state index < -0.39 is 0 Å². The summed E-state index contributed by atoms with van der Waals surface area (Å²) in [5, 5.41) is 7.03. The second-order valence-corrected chi connectivity index (χ2v) is 6.36. The van der Waals surface area contributed by atoms with Gasteiger partial charge in [0, 0.05) is 11.3 Å². The predicted octanol–water partition coefficient (Wildman–Crippen LogP) is 2.73. The van der Waals surface area contributed by atoms with E-state index in [9.17, 15) is 4.79 Å². The zero-order valence-electron chi connectivity index (χ0n) is 11.8. The van der Waals surface area contributed by atoms with Crippen LogP contribution in [0.15, 0.2) is 0 Å². The number of amides is 1. The highest BCUT2D eigenvalue weighted by Gasteiger charge is 2.15. The number of carbonyl (C=O) groups excluding carboxylic acids is 1. The molecule has 19 heavy (non-hydrogen) atoms. The fourth-order valence-corrected chi connectivity index (χ4v) is 3.42. The van der Waals surface area contributed by atoms with E-state index in [1.807, 2.05) is 0 Å². The molecule has 0 bridgehead atoms. The minimum absolute atomic E-state index is 0.106. The summed E-state index contributed by atoms with van der Waals surface area (Å²) >= 11 is 1.58. The summed E-state index contributed by atoms with van der Waals surface area (Å²) in [4.78, 5) is 17.5. The van der Waals surface area contributed by atoms with Gasteiger partial charge in [-0.05, 0) is 51.6 Å². The highest BCUT2D eigenvalue weighted by molar-refractivity contribution is 7.15. The lowest BCUT2D eigenvalue weighted by atomic mass is 9.93. The van der Waals surface area contributed by atoms with Crippen LogP contribution in [0.4, 0.5) is 5.13 Å². The second-order valence-electron chi connectivity index (χ2n) is 5.16. The van der Waals surface area contributed by atoms with Gasteiger partial charge in [0.1, 0.15) is 0 Å². The lowest BCUT2D eigenvalue weighted by Crippen LogP contribution is -2.28. The highest BCUT2D eigenvalue weighted by Crippen LogP contribution is 2.23. The van der Waals surface area contributed by atoms with Crippen molar-refractivity contribution in [3.8, 4) is 0 Å². The summed E-state index contributed by atoms with van der Waals surface area (Å²) < 4.78 is 0. The van der Waals surface area contributed by atoms with Crippen LogP contribution in [-0.4, -0.2) is 24.0 Å². The number of hydrogen-bond donors (Lipinski definition) is 2. The van der Waals surface area contributed by atoms with Crippen molar-refractivity contribution in [2.24, 2.45) is 5.92 Å². The number of piperidine rings is 1. The standard InChI is InChI=1S/C14H23N3OS/c1-3-12-10(2)19-14(16-12)17-13(18)5-4-11-6-8-15-9-7-11/h11,15H,3-9H2,1-2H3,(H,16,17,18). The van der Waals surface area contributed by atoms with E-state index in [1.165, 1.54) is 17.7 Å². The molecule has 2 rings (SSSR count). The first-order chi connectivity index (χ1) is 9.19. The molecule has 0 saturated carbocycles. The first kappa shape index (κ1) is 14.5. The predicted molar refractivity (Wildman–Crippen MR) is 79.7 cm³/mol. The molecule has 0 atom stereocenters. The molecule has 0 radical (unpaired) electrons. The van der Waals surface area contributed by atoms with E-state index in [4.69, 9.17) is 0 Å². The highest BCUT2D eigenvalue weighted by atomic mass is 32.1. The van der Waals surface area contributed by atoms with Crippen LogP contribution >= 0.6 is 11.3 Å². The van der Waals surface area contributed by atoms with Gasteiger partial charge in [0.2, 0.25) is 5.91 Å². The van der Waals surface area contributed by atoms with Gasteiger partial charge in [-0.15, -0.1) is 11.3 Å². The molecule has 0 aromatic carbocycles. The molecule has 0 spiro atoms.